The molecule has 3 aromatic carbocycles. The molecular formula is C28H31NO6. The molecule has 1 aliphatic rings. The zero-order valence-corrected chi connectivity index (χ0v) is 21.2. The highest BCUT2D eigenvalue weighted by Crippen LogP contribution is 2.58. The molecule has 0 bridgehead atoms. The molecular weight excluding hydrogens is 446 g/mol. The van der Waals surface area contributed by atoms with Crippen molar-refractivity contribution in [3.63, 3.8) is 0 Å². The van der Waals surface area contributed by atoms with Crippen LogP contribution in [-0.2, 0) is 16.1 Å². The third-order valence-electron chi connectivity index (χ3n) is 5.57. The van der Waals surface area contributed by atoms with Gasteiger partial charge in [0.2, 0.25) is 11.5 Å². The third kappa shape index (κ3) is 4.63. The maximum atomic E-state index is 12.3. The van der Waals surface area contributed by atoms with Gasteiger partial charge in [0.1, 0.15) is 0 Å². The molecule has 1 heterocycles. The largest absolute Gasteiger partial charge is 0.484 e. The van der Waals surface area contributed by atoms with Gasteiger partial charge >= 0.3 is 11.9 Å². The zero-order valence-electron chi connectivity index (χ0n) is 21.2. The quantitative estimate of drug-likeness (QED) is 0.324. The number of carbonyl (C=O) groups is 2. The first kappa shape index (κ1) is 24.4. The standard InChI is InChI=1S/C28H31NO6/c1-15(2)32-27-25(34-17(5)30)22-14-29(7)24-20-11-9-8-10-19(20)12-13-21(24)23(22)26(35-18(6)31)28(27)33-16(3)4/h8-13,15-16H,14H2,1-7H3. The third-order valence-corrected chi connectivity index (χ3v) is 5.57. The fourth-order valence-electron chi connectivity index (χ4n) is 4.51. The Morgan fingerprint density at radius 3 is 1.97 bits per heavy atom. The molecule has 3 aromatic rings. The van der Waals surface area contributed by atoms with Gasteiger partial charge in [0, 0.05) is 49.5 Å². The van der Waals surface area contributed by atoms with Gasteiger partial charge in [0.05, 0.1) is 17.9 Å². The van der Waals surface area contributed by atoms with Crippen LogP contribution >= 0.6 is 0 Å². The van der Waals surface area contributed by atoms with Crippen LogP contribution in [-0.4, -0.2) is 31.2 Å². The number of anilines is 1. The van der Waals surface area contributed by atoms with Crippen molar-refractivity contribution in [3.8, 4) is 34.1 Å². The second-order valence-corrected chi connectivity index (χ2v) is 9.23. The van der Waals surface area contributed by atoms with Crippen molar-refractivity contribution in [1.82, 2.24) is 0 Å². The van der Waals surface area contributed by atoms with Gasteiger partial charge in [-0.1, -0.05) is 36.4 Å². The van der Waals surface area contributed by atoms with Crippen LogP contribution in [0, 0.1) is 0 Å². The molecule has 1 aliphatic heterocycles. The van der Waals surface area contributed by atoms with E-state index in [9.17, 15) is 9.59 Å². The van der Waals surface area contributed by atoms with Gasteiger partial charge in [0.25, 0.3) is 0 Å². The Hall–Kier alpha value is -3.74. The van der Waals surface area contributed by atoms with Crippen LogP contribution < -0.4 is 23.8 Å². The predicted molar refractivity (Wildman–Crippen MR) is 136 cm³/mol. The van der Waals surface area contributed by atoms with E-state index in [2.05, 4.69) is 17.0 Å². The molecule has 35 heavy (non-hydrogen) atoms. The molecule has 4 rings (SSSR count). The minimum absolute atomic E-state index is 0.238. The van der Waals surface area contributed by atoms with E-state index in [4.69, 9.17) is 18.9 Å². The highest BCUT2D eigenvalue weighted by atomic mass is 16.6. The molecule has 0 N–H and O–H groups in total. The van der Waals surface area contributed by atoms with E-state index in [1.165, 1.54) is 13.8 Å². The summed E-state index contributed by atoms with van der Waals surface area (Å²) in [4.78, 5) is 26.6. The number of rotatable bonds is 6. The first-order valence-electron chi connectivity index (χ1n) is 11.7. The predicted octanol–water partition coefficient (Wildman–Crippen LogP) is 5.88. The van der Waals surface area contributed by atoms with Crippen molar-refractivity contribution in [3.05, 3.63) is 42.0 Å². The molecule has 0 spiro atoms. The van der Waals surface area contributed by atoms with Crippen molar-refractivity contribution in [1.29, 1.82) is 0 Å². The van der Waals surface area contributed by atoms with E-state index in [0.29, 0.717) is 17.7 Å². The van der Waals surface area contributed by atoms with Crippen LogP contribution in [0.1, 0.15) is 47.1 Å². The van der Waals surface area contributed by atoms with E-state index < -0.39 is 11.9 Å². The summed E-state index contributed by atoms with van der Waals surface area (Å²) in [5.74, 6) is 0.0520. The van der Waals surface area contributed by atoms with E-state index >= 15 is 0 Å². The number of carbonyl (C=O) groups excluding carboxylic acids is 2. The highest BCUT2D eigenvalue weighted by molar-refractivity contribution is 6.06. The van der Waals surface area contributed by atoms with Gasteiger partial charge in [-0.25, -0.2) is 0 Å². The second-order valence-electron chi connectivity index (χ2n) is 9.23. The van der Waals surface area contributed by atoms with Gasteiger partial charge in [-0.15, -0.1) is 0 Å². The molecule has 0 unspecified atom stereocenters. The van der Waals surface area contributed by atoms with Crippen LogP contribution in [0.2, 0.25) is 0 Å². The average Bonchev–Trinajstić information content (AvgIpc) is 2.77. The Labute approximate surface area is 205 Å². The number of fused-ring (bicyclic) bond motifs is 5. The summed E-state index contributed by atoms with van der Waals surface area (Å²) in [6, 6.07) is 12.1. The summed E-state index contributed by atoms with van der Waals surface area (Å²) in [7, 11) is 1.98. The number of esters is 2. The molecule has 0 saturated heterocycles. The van der Waals surface area contributed by atoms with Crippen molar-refractivity contribution in [2.45, 2.75) is 60.3 Å². The number of nitrogens with zero attached hydrogens (tertiary/aromatic N) is 1. The van der Waals surface area contributed by atoms with Crippen LogP contribution in [0.3, 0.4) is 0 Å². The average molecular weight is 478 g/mol. The van der Waals surface area contributed by atoms with Crippen LogP contribution in [0.25, 0.3) is 21.9 Å². The Balaban J connectivity index is 2.17. The van der Waals surface area contributed by atoms with Crippen molar-refractivity contribution in [2.24, 2.45) is 0 Å². The molecule has 0 aromatic heterocycles. The minimum Gasteiger partial charge on any atom is -0.484 e. The Kier molecular flexibility index (Phi) is 6.61. The van der Waals surface area contributed by atoms with Crippen molar-refractivity contribution >= 4 is 28.4 Å². The molecule has 184 valence electrons. The SMILES string of the molecule is CC(=O)Oc1c2c(c(OC(C)=O)c(OC(C)C)c1OC(C)C)-c1ccc3ccccc3c1N(C)C2. The Bertz CT molecular complexity index is 1310. The van der Waals surface area contributed by atoms with Gasteiger partial charge < -0.3 is 23.8 Å². The van der Waals surface area contributed by atoms with E-state index in [-0.39, 0.29) is 35.2 Å². The van der Waals surface area contributed by atoms with Crippen molar-refractivity contribution in [2.75, 3.05) is 11.9 Å². The minimum atomic E-state index is -0.488. The first-order valence-corrected chi connectivity index (χ1v) is 11.7. The van der Waals surface area contributed by atoms with Crippen LogP contribution in [0.4, 0.5) is 5.69 Å². The molecule has 0 amide bonds. The summed E-state index contributed by atoms with van der Waals surface area (Å²) < 4.78 is 23.9. The molecule has 7 nitrogen and oxygen atoms in total. The second kappa shape index (κ2) is 9.49. The van der Waals surface area contributed by atoms with E-state index in [0.717, 1.165) is 22.0 Å². The fraction of sp³-hybridized carbons (Fsp3) is 0.357. The first-order chi connectivity index (χ1) is 16.6. The summed E-state index contributed by atoms with van der Waals surface area (Å²) in [5.41, 5.74) is 3.18. The smallest absolute Gasteiger partial charge is 0.308 e. The lowest BCUT2D eigenvalue weighted by atomic mass is 9.88. The van der Waals surface area contributed by atoms with Crippen molar-refractivity contribution < 1.29 is 28.5 Å². The van der Waals surface area contributed by atoms with Gasteiger partial charge in [-0.05, 0) is 33.1 Å². The van der Waals surface area contributed by atoms with Gasteiger partial charge in [-0.3, -0.25) is 9.59 Å². The fourth-order valence-corrected chi connectivity index (χ4v) is 4.51. The normalized spacial score (nSPS) is 12.4. The zero-order chi connectivity index (χ0) is 25.4. The maximum Gasteiger partial charge on any atom is 0.308 e. The number of benzene rings is 3. The van der Waals surface area contributed by atoms with Gasteiger partial charge in [-0.2, -0.15) is 0 Å². The summed E-state index contributed by atoms with van der Waals surface area (Å²) in [6.07, 6.45) is -0.510. The molecule has 0 aliphatic carbocycles. The van der Waals surface area contributed by atoms with Gasteiger partial charge in [0.15, 0.2) is 11.5 Å². The Morgan fingerprint density at radius 1 is 0.800 bits per heavy atom. The summed E-state index contributed by atoms with van der Waals surface area (Å²) in [6.45, 7) is 10.6. The molecule has 0 fully saturated rings. The molecule has 0 radical (unpaired) electrons. The monoisotopic (exact) mass is 477 g/mol. The molecule has 0 saturated carbocycles. The topological polar surface area (TPSA) is 74.3 Å². The molecule has 0 atom stereocenters. The van der Waals surface area contributed by atoms with Crippen LogP contribution in [0.15, 0.2) is 36.4 Å². The van der Waals surface area contributed by atoms with Crippen LogP contribution in [0.5, 0.6) is 23.0 Å². The number of hydrogen-bond acceptors (Lipinski definition) is 7. The maximum absolute atomic E-state index is 12.3. The number of ether oxygens (including phenoxy) is 4. The van der Waals surface area contributed by atoms with E-state index in [1.54, 1.807) is 0 Å². The lowest BCUT2D eigenvalue weighted by Crippen LogP contribution is -2.25. The molecule has 7 heteroatoms. The summed E-state index contributed by atoms with van der Waals surface area (Å²) in [5, 5.41) is 2.16. The number of hydrogen-bond donors (Lipinski definition) is 0. The van der Waals surface area contributed by atoms with E-state index in [1.807, 2.05) is 59.0 Å². The highest BCUT2D eigenvalue weighted by Gasteiger charge is 2.36. The summed E-state index contributed by atoms with van der Waals surface area (Å²) >= 11 is 0. The lowest BCUT2D eigenvalue weighted by molar-refractivity contribution is -0.133. The Morgan fingerprint density at radius 2 is 1.37 bits per heavy atom. The lowest BCUT2D eigenvalue weighted by Gasteiger charge is -2.34.